The molecule has 1 aliphatic carbocycles. The third-order valence-electron chi connectivity index (χ3n) is 10.4. The van der Waals surface area contributed by atoms with E-state index >= 15 is 0 Å². The highest BCUT2D eigenvalue weighted by atomic mass is 15.1. The van der Waals surface area contributed by atoms with Gasteiger partial charge in [0, 0.05) is 18.1 Å². The minimum absolute atomic E-state index is 0.573. The quantitative estimate of drug-likeness (QED) is 0.101. The summed E-state index contributed by atoms with van der Waals surface area (Å²) in [6.07, 6.45) is 31.3. The molecule has 0 spiro atoms. The highest BCUT2D eigenvalue weighted by Gasteiger charge is 2.44. The molecule has 1 unspecified atom stereocenters. The van der Waals surface area contributed by atoms with Gasteiger partial charge in [-0.25, -0.2) is 0 Å². The fraction of sp³-hybridized carbons (Fsp3) is 0.0877. The monoisotopic (exact) mass is 751 g/mol. The number of allylic oxidation sites excluding steroid dienone is 16. The Morgan fingerprint density at radius 2 is 1.34 bits per heavy atom. The molecule has 0 N–H and O–H groups in total. The molecule has 2 aliphatic rings. The van der Waals surface area contributed by atoms with E-state index in [1.54, 1.807) is 0 Å². The molecule has 5 aromatic carbocycles. The summed E-state index contributed by atoms with van der Waals surface area (Å²) in [7, 11) is 0. The fourth-order valence-corrected chi connectivity index (χ4v) is 7.50. The minimum Gasteiger partial charge on any atom is -0.324 e. The van der Waals surface area contributed by atoms with Crippen LogP contribution in [0.1, 0.15) is 48.1 Å². The molecule has 5 aromatic rings. The first-order valence-corrected chi connectivity index (χ1v) is 20.0. The van der Waals surface area contributed by atoms with Crippen molar-refractivity contribution >= 4 is 11.3 Å². The van der Waals surface area contributed by atoms with E-state index in [1.807, 2.05) is 38.2 Å². The maximum Gasteiger partial charge on any atom is 0.0645 e. The molecule has 0 bridgehead atoms. The standard InChI is InChI=1S/C53H45N.C4H8/c1-4-5-6-7-20-37-53(47-30-15-10-16-31-47)49-33-18-17-32-48(49)52-42(3)41(2)23-19-21-38-54(39-36-50(52)53)51(45-27-13-9-14-28-45)35-34-43-24-22-29-46(40-43)44-25-11-8-12-26-44;1-3-4-2/h4-6,8-33,35-40H,1-3,7,34H2;3-4H,1-2H3/b6-5-,23-19-,37-20?,38-21-,39-36-,51-35-;4-3-. The number of fused-ring (bicyclic) bond motifs is 2. The second-order valence-electron chi connectivity index (χ2n) is 14.1. The molecule has 58 heavy (non-hydrogen) atoms. The summed E-state index contributed by atoms with van der Waals surface area (Å²) < 4.78 is 0. The molecule has 1 nitrogen and oxygen atoms in total. The number of nitrogens with zero attached hydrogens (tertiary/aromatic N) is 1. The molecule has 0 radical (unpaired) electrons. The zero-order valence-electron chi connectivity index (χ0n) is 33.8. The summed E-state index contributed by atoms with van der Waals surface area (Å²) in [6.45, 7) is 17.0. The second-order valence-corrected chi connectivity index (χ2v) is 14.1. The van der Waals surface area contributed by atoms with Gasteiger partial charge in [0.25, 0.3) is 0 Å². The highest BCUT2D eigenvalue weighted by Crippen LogP contribution is 2.55. The van der Waals surface area contributed by atoms with Crippen molar-refractivity contribution in [3.05, 3.63) is 289 Å². The van der Waals surface area contributed by atoms with Gasteiger partial charge in [-0.15, -0.1) is 0 Å². The lowest BCUT2D eigenvalue weighted by atomic mass is 9.71. The summed E-state index contributed by atoms with van der Waals surface area (Å²) in [4.78, 5) is 2.25. The first-order valence-electron chi connectivity index (χ1n) is 20.0. The van der Waals surface area contributed by atoms with E-state index in [9.17, 15) is 0 Å². The van der Waals surface area contributed by atoms with Crippen molar-refractivity contribution in [1.29, 1.82) is 0 Å². The zero-order valence-corrected chi connectivity index (χ0v) is 33.8. The first-order chi connectivity index (χ1) is 28.5. The molecular formula is C57H53N. The van der Waals surface area contributed by atoms with Crippen molar-refractivity contribution < 1.29 is 0 Å². The van der Waals surface area contributed by atoms with Crippen molar-refractivity contribution in [3.63, 3.8) is 0 Å². The average Bonchev–Trinajstić information content (AvgIpc) is 3.55. The van der Waals surface area contributed by atoms with Crippen LogP contribution in [0.2, 0.25) is 0 Å². The van der Waals surface area contributed by atoms with Crippen LogP contribution in [-0.4, -0.2) is 4.90 Å². The summed E-state index contributed by atoms with van der Waals surface area (Å²) >= 11 is 0. The molecular weight excluding hydrogens is 699 g/mol. The maximum atomic E-state index is 4.68. The van der Waals surface area contributed by atoms with Gasteiger partial charge in [0.15, 0.2) is 0 Å². The van der Waals surface area contributed by atoms with E-state index < -0.39 is 5.41 Å². The Bertz CT molecular complexity index is 2440. The third-order valence-corrected chi connectivity index (χ3v) is 10.4. The van der Waals surface area contributed by atoms with Crippen LogP contribution in [0.25, 0.3) is 22.4 Å². The van der Waals surface area contributed by atoms with Gasteiger partial charge in [0.05, 0.1) is 5.41 Å². The third kappa shape index (κ3) is 9.35. The van der Waals surface area contributed by atoms with Gasteiger partial charge in [-0.2, -0.15) is 0 Å². The molecule has 0 saturated heterocycles. The number of hydrogen-bond donors (Lipinski definition) is 0. The lowest BCUT2D eigenvalue weighted by molar-refractivity contribution is 0.713. The van der Waals surface area contributed by atoms with Crippen LogP contribution in [0, 0.1) is 0 Å². The molecule has 0 amide bonds. The van der Waals surface area contributed by atoms with E-state index in [2.05, 4.69) is 225 Å². The zero-order chi connectivity index (χ0) is 40.6. The Balaban J connectivity index is 0.00000135. The Hall–Kier alpha value is -6.96. The van der Waals surface area contributed by atoms with Crippen LogP contribution in [0.15, 0.2) is 261 Å². The molecule has 1 heterocycles. The highest BCUT2D eigenvalue weighted by molar-refractivity contribution is 5.96. The van der Waals surface area contributed by atoms with Crippen LogP contribution in [-0.2, 0) is 11.8 Å². The van der Waals surface area contributed by atoms with Gasteiger partial charge in [0.2, 0.25) is 0 Å². The molecule has 0 aromatic heterocycles. The average molecular weight is 752 g/mol. The first kappa shape index (κ1) is 40.7. The van der Waals surface area contributed by atoms with Gasteiger partial charge >= 0.3 is 0 Å². The Kier molecular flexibility index (Phi) is 14.2. The SMILES string of the molecule is C/C=C\C.C=C/C=C\CC=CC1(c2ccccc2)C2=C(C(=C)C(=C)/C=C\C=C/N(/C(=C\Cc3cccc(-c4ccccc4)c3)c3ccccc3)/C=C\2)c2ccccc21. The molecule has 286 valence electrons. The van der Waals surface area contributed by atoms with Crippen LogP contribution >= 0.6 is 0 Å². The van der Waals surface area contributed by atoms with Crippen molar-refractivity contribution in [3.8, 4) is 11.1 Å². The van der Waals surface area contributed by atoms with Gasteiger partial charge in [-0.3, -0.25) is 0 Å². The number of rotatable bonds is 10. The lowest BCUT2D eigenvalue weighted by Gasteiger charge is -2.31. The summed E-state index contributed by atoms with van der Waals surface area (Å²) in [5.74, 6) is 0. The summed E-state index contributed by atoms with van der Waals surface area (Å²) in [5.41, 5.74) is 13.0. The number of benzene rings is 5. The molecule has 7 rings (SSSR count). The maximum absolute atomic E-state index is 4.68. The number of hydrogen-bond acceptors (Lipinski definition) is 1. The largest absolute Gasteiger partial charge is 0.324 e. The predicted octanol–water partition coefficient (Wildman–Crippen LogP) is 15.0. The van der Waals surface area contributed by atoms with Crippen LogP contribution in [0.5, 0.6) is 0 Å². The Morgan fingerprint density at radius 1 is 0.672 bits per heavy atom. The van der Waals surface area contributed by atoms with Crippen molar-refractivity contribution in [2.45, 2.75) is 32.1 Å². The normalized spacial score (nSPS) is 18.4. The van der Waals surface area contributed by atoms with Gasteiger partial charge < -0.3 is 4.90 Å². The van der Waals surface area contributed by atoms with E-state index in [0.717, 1.165) is 46.4 Å². The van der Waals surface area contributed by atoms with Crippen molar-refractivity contribution in [2.24, 2.45) is 0 Å². The molecule has 1 heteroatoms. The molecule has 1 aliphatic heterocycles. The summed E-state index contributed by atoms with van der Waals surface area (Å²) in [5, 5.41) is 0. The van der Waals surface area contributed by atoms with Gasteiger partial charge in [-0.1, -0.05) is 220 Å². The second kappa shape index (κ2) is 20.3. The van der Waals surface area contributed by atoms with E-state index in [-0.39, 0.29) is 0 Å². The van der Waals surface area contributed by atoms with Crippen LogP contribution in [0.3, 0.4) is 0 Å². The minimum atomic E-state index is -0.573. The fourth-order valence-electron chi connectivity index (χ4n) is 7.50. The van der Waals surface area contributed by atoms with Gasteiger partial charge in [-0.05, 0) is 100 Å². The van der Waals surface area contributed by atoms with Crippen molar-refractivity contribution in [1.82, 2.24) is 4.90 Å². The van der Waals surface area contributed by atoms with E-state index in [1.165, 1.54) is 33.4 Å². The predicted molar refractivity (Wildman–Crippen MR) is 252 cm³/mol. The summed E-state index contributed by atoms with van der Waals surface area (Å²) in [6, 6.07) is 49.6. The lowest BCUT2D eigenvalue weighted by Crippen LogP contribution is -2.25. The Labute approximate surface area is 347 Å². The van der Waals surface area contributed by atoms with E-state index in [0.29, 0.717) is 0 Å². The van der Waals surface area contributed by atoms with Crippen LogP contribution in [0.4, 0.5) is 0 Å². The molecule has 0 saturated carbocycles. The van der Waals surface area contributed by atoms with Crippen molar-refractivity contribution in [2.75, 3.05) is 0 Å². The molecule has 0 fully saturated rings. The van der Waals surface area contributed by atoms with Crippen LogP contribution < -0.4 is 0 Å². The van der Waals surface area contributed by atoms with E-state index in [4.69, 9.17) is 0 Å². The smallest absolute Gasteiger partial charge is 0.0645 e. The molecule has 1 atom stereocenters. The van der Waals surface area contributed by atoms with Gasteiger partial charge in [0.1, 0.15) is 0 Å². The Morgan fingerprint density at radius 3 is 2.07 bits per heavy atom. The topological polar surface area (TPSA) is 3.24 Å².